The van der Waals surface area contributed by atoms with Gasteiger partial charge in [0.05, 0.1) is 46.2 Å². The summed E-state index contributed by atoms with van der Waals surface area (Å²) in [6.07, 6.45) is -10.8. The third kappa shape index (κ3) is 11.7. The van der Waals surface area contributed by atoms with Crippen LogP contribution in [-0.4, -0.2) is 89.9 Å². The van der Waals surface area contributed by atoms with Crippen LogP contribution in [0.25, 0.3) is 0 Å². The SMILES string of the molecule is OC1OC(COC2OC(COCc3ccccc3)C(O)C(OCc3ccccc3)C2O)C(OCc2ccccc2)C(OCc2ccccc2)C1OCc1ccccc1. The fourth-order valence-corrected chi connectivity index (χ4v) is 7.10. The van der Waals surface area contributed by atoms with E-state index in [1.165, 1.54) is 0 Å². The summed E-state index contributed by atoms with van der Waals surface area (Å²) in [6, 6.07) is 48.3. The van der Waals surface area contributed by atoms with E-state index in [0.29, 0.717) is 6.61 Å². The molecule has 306 valence electrons. The van der Waals surface area contributed by atoms with Gasteiger partial charge in [0.25, 0.3) is 0 Å². The Morgan fingerprint density at radius 2 is 0.759 bits per heavy atom. The highest BCUT2D eigenvalue weighted by molar-refractivity contribution is 5.17. The summed E-state index contributed by atoms with van der Waals surface area (Å²) >= 11 is 0. The molecule has 2 aliphatic heterocycles. The van der Waals surface area contributed by atoms with Crippen LogP contribution < -0.4 is 0 Å². The quantitative estimate of drug-likeness (QED) is 0.0948. The van der Waals surface area contributed by atoms with Gasteiger partial charge in [0.2, 0.25) is 0 Å². The van der Waals surface area contributed by atoms with E-state index in [9.17, 15) is 15.3 Å². The number of rotatable bonds is 19. The Kier molecular flexibility index (Phi) is 15.6. The summed E-state index contributed by atoms with van der Waals surface area (Å²) in [6.45, 7) is 0.884. The lowest BCUT2D eigenvalue weighted by Crippen LogP contribution is -2.63. The van der Waals surface area contributed by atoms with E-state index >= 15 is 0 Å². The maximum absolute atomic E-state index is 11.6. The van der Waals surface area contributed by atoms with Gasteiger partial charge in [-0.3, -0.25) is 0 Å². The predicted octanol–water partition coefficient (Wildman–Crippen LogP) is 5.73. The van der Waals surface area contributed by atoms with Crippen molar-refractivity contribution in [3.8, 4) is 0 Å². The second-order valence-corrected chi connectivity index (χ2v) is 14.5. The molecule has 0 radical (unpaired) electrons. The fourth-order valence-electron chi connectivity index (χ4n) is 7.10. The summed E-state index contributed by atoms with van der Waals surface area (Å²) in [7, 11) is 0. The van der Waals surface area contributed by atoms with Gasteiger partial charge in [0.15, 0.2) is 12.6 Å². The second kappa shape index (κ2) is 21.6. The lowest BCUT2D eigenvalue weighted by molar-refractivity contribution is -0.341. The van der Waals surface area contributed by atoms with Crippen LogP contribution in [-0.2, 0) is 70.9 Å². The molecule has 0 aromatic heterocycles. The minimum Gasteiger partial charge on any atom is -0.387 e. The van der Waals surface area contributed by atoms with Gasteiger partial charge in [-0.25, -0.2) is 0 Å². The van der Waals surface area contributed by atoms with Crippen molar-refractivity contribution < 1.29 is 53.2 Å². The van der Waals surface area contributed by atoms with Crippen LogP contribution in [0.5, 0.6) is 0 Å². The van der Waals surface area contributed by atoms with Crippen LogP contribution in [0.15, 0.2) is 152 Å². The van der Waals surface area contributed by atoms with E-state index < -0.39 is 61.4 Å². The number of aliphatic hydroxyl groups excluding tert-OH is 3. The van der Waals surface area contributed by atoms with E-state index in [-0.39, 0.29) is 39.6 Å². The highest BCUT2D eigenvalue weighted by Gasteiger charge is 2.50. The van der Waals surface area contributed by atoms with Crippen LogP contribution >= 0.6 is 0 Å². The Balaban J connectivity index is 1.10. The zero-order valence-electron chi connectivity index (χ0n) is 32.3. The Morgan fingerprint density at radius 1 is 0.362 bits per heavy atom. The van der Waals surface area contributed by atoms with E-state index in [0.717, 1.165) is 27.8 Å². The monoisotopic (exact) mass is 792 g/mol. The smallest absolute Gasteiger partial charge is 0.186 e. The lowest BCUT2D eigenvalue weighted by atomic mass is 9.97. The van der Waals surface area contributed by atoms with Gasteiger partial charge in [-0.2, -0.15) is 0 Å². The topological polar surface area (TPSA) is 135 Å². The predicted molar refractivity (Wildman–Crippen MR) is 214 cm³/mol. The molecule has 0 saturated carbocycles. The van der Waals surface area contributed by atoms with Crippen LogP contribution in [0.1, 0.15) is 27.8 Å². The molecule has 2 saturated heterocycles. The number of hydrogen-bond acceptors (Lipinski definition) is 11. The molecule has 58 heavy (non-hydrogen) atoms. The molecule has 5 aromatic carbocycles. The number of benzene rings is 5. The molecular formula is C47H52O11. The van der Waals surface area contributed by atoms with E-state index in [1.807, 2.05) is 152 Å². The fraction of sp³-hybridized carbons (Fsp3) is 0.362. The van der Waals surface area contributed by atoms with Crippen molar-refractivity contribution in [3.63, 3.8) is 0 Å². The zero-order valence-corrected chi connectivity index (χ0v) is 32.3. The maximum atomic E-state index is 11.6. The van der Waals surface area contributed by atoms with Crippen LogP contribution in [0, 0.1) is 0 Å². The second-order valence-electron chi connectivity index (χ2n) is 14.5. The van der Waals surface area contributed by atoms with Gasteiger partial charge in [0.1, 0.15) is 48.8 Å². The molecule has 10 unspecified atom stereocenters. The largest absolute Gasteiger partial charge is 0.387 e. The first-order chi connectivity index (χ1) is 28.5. The average Bonchev–Trinajstić information content (AvgIpc) is 3.27. The average molecular weight is 793 g/mol. The Bertz CT molecular complexity index is 1870. The Hall–Kier alpha value is -4.34. The first-order valence-electron chi connectivity index (χ1n) is 19.7. The van der Waals surface area contributed by atoms with E-state index in [4.69, 9.17) is 37.9 Å². The number of hydrogen-bond donors (Lipinski definition) is 3. The molecule has 3 N–H and O–H groups in total. The lowest BCUT2D eigenvalue weighted by Gasteiger charge is -2.46. The Labute approximate surface area is 339 Å². The molecule has 10 atom stereocenters. The molecule has 2 heterocycles. The highest BCUT2D eigenvalue weighted by Crippen LogP contribution is 2.32. The molecule has 5 aromatic rings. The molecule has 7 rings (SSSR count). The van der Waals surface area contributed by atoms with Crippen molar-refractivity contribution in [2.75, 3.05) is 13.2 Å². The molecule has 0 spiro atoms. The summed E-state index contributed by atoms with van der Waals surface area (Å²) in [5, 5.41) is 34.7. The molecule has 0 amide bonds. The minimum absolute atomic E-state index is 0.00508. The molecule has 0 bridgehead atoms. The summed E-state index contributed by atoms with van der Waals surface area (Å²) in [5.41, 5.74) is 4.60. The molecule has 11 heteroatoms. The van der Waals surface area contributed by atoms with Gasteiger partial charge < -0.3 is 53.2 Å². The van der Waals surface area contributed by atoms with Crippen molar-refractivity contribution in [3.05, 3.63) is 179 Å². The van der Waals surface area contributed by atoms with Crippen molar-refractivity contribution in [1.29, 1.82) is 0 Å². The Morgan fingerprint density at radius 3 is 1.22 bits per heavy atom. The standard InChI is InChI=1S/C47H52O11/c48-40-38(31-51-26-33-16-6-1-7-17-33)58-47(41(49)43(40)53-28-35-20-10-3-11-21-35)56-32-39-42(52-27-34-18-8-2-9-19-34)44(54-29-36-22-12-4-13-23-36)45(46(50)57-39)55-30-37-24-14-5-15-25-37/h1-25,38-50H,26-32H2. The third-order valence-corrected chi connectivity index (χ3v) is 10.2. The van der Waals surface area contributed by atoms with Crippen LogP contribution in [0.2, 0.25) is 0 Å². The first kappa shape index (κ1) is 41.8. The summed E-state index contributed by atoms with van der Waals surface area (Å²) in [5.74, 6) is 0. The van der Waals surface area contributed by atoms with Crippen molar-refractivity contribution >= 4 is 0 Å². The molecule has 2 aliphatic rings. The van der Waals surface area contributed by atoms with Crippen molar-refractivity contribution in [2.45, 2.75) is 94.4 Å². The number of ether oxygens (including phenoxy) is 8. The van der Waals surface area contributed by atoms with Crippen molar-refractivity contribution in [1.82, 2.24) is 0 Å². The maximum Gasteiger partial charge on any atom is 0.186 e. The van der Waals surface area contributed by atoms with E-state index in [2.05, 4.69) is 0 Å². The summed E-state index contributed by atoms with van der Waals surface area (Å²) in [4.78, 5) is 0. The number of aliphatic hydroxyl groups is 3. The van der Waals surface area contributed by atoms with E-state index in [1.54, 1.807) is 0 Å². The molecule has 0 aliphatic carbocycles. The van der Waals surface area contributed by atoms with Gasteiger partial charge in [-0.15, -0.1) is 0 Å². The molecular weight excluding hydrogens is 741 g/mol. The van der Waals surface area contributed by atoms with Crippen LogP contribution in [0.4, 0.5) is 0 Å². The minimum atomic E-state index is -1.42. The van der Waals surface area contributed by atoms with Gasteiger partial charge in [0, 0.05) is 0 Å². The normalized spacial score (nSPS) is 27.3. The molecule has 11 nitrogen and oxygen atoms in total. The van der Waals surface area contributed by atoms with Gasteiger partial charge in [-0.05, 0) is 27.8 Å². The van der Waals surface area contributed by atoms with Gasteiger partial charge >= 0.3 is 0 Å². The summed E-state index contributed by atoms with van der Waals surface area (Å²) < 4.78 is 50.5. The third-order valence-electron chi connectivity index (χ3n) is 10.2. The van der Waals surface area contributed by atoms with Crippen molar-refractivity contribution in [2.24, 2.45) is 0 Å². The van der Waals surface area contributed by atoms with Gasteiger partial charge in [-0.1, -0.05) is 152 Å². The highest BCUT2D eigenvalue weighted by atomic mass is 16.7. The first-order valence-corrected chi connectivity index (χ1v) is 19.7. The van der Waals surface area contributed by atoms with Crippen LogP contribution in [0.3, 0.4) is 0 Å². The zero-order chi connectivity index (χ0) is 39.9. The molecule has 2 fully saturated rings.